The van der Waals surface area contributed by atoms with Crippen LogP contribution in [-0.4, -0.2) is 36.5 Å². The number of aryl methyl sites for hydroxylation is 1. The van der Waals surface area contributed by atoms with Crippen molar-refractivity contribution in [2.75, 3.05) is 19.7 Å². The minimum atomic E-state index is -0.261. The van der Waals surface area contributed by atoms with Crippen molar-refractivity contribution in [3.05, 3.63) is 70.1 Å². The summed E-state index contributed by atoms with van der Waals surface area (Å²) < 4.78 is 6.16. The van der Waals surface area contributed by atoms with Crippen LogP contribution in [0.3, 0.4) is 0 Å². The van der Waals surface area contributed by atoms with E-state index in [1.165, 1.54) is 11.1 Å². The molecule has 0 saturated carbocycles. The van der Waals surface area contributed by atoms with Gasteiger partial charge >= 0.3 is 5.97 Å². The predicted molar refractivity (Wildman–Crippen MR) is 123 cm³/mol. The van der Waals surface area contributed by atoms with Gasteiger partial charge in [-0.3, -0.25) is 9.59 Å². The van der Waals surface area contributed by atoms with Gasteiger partial charge in [-0.15, -0.1) is 11.3 Å². The molecule has 0 spiro atoms. The van der Waals surface area contributed by atoms with Crippen molar-refractivity contribution in [2.45, 2.75) is 40.0 Å². The maximum Gasteiger partial charge on any atom is 0.307 e. The average molecular weight is 424 g/mol. The Hall–Kier alpha value is -2.66. The first kappa shape index (κ1) is 22.0. The van der Waals surface area contributed by atoms with E-state index >= 15 is 0 Å². The van der Waals surface area contributed by atoms with Crippen molar-refractivity contribution in [3.63, 3.8) is 0 Å². The van der Waals surface area contributed by atoms with Crippen LogP contribution in [0, 0.1) is 6.92 Å². The molecule has 0 N–H and O–H groups in total. The zero-order valence-corrected chi connectivity index (χ0v) is 18.8. The number of carbonyl (C=O) groups is 2. The van der Waals surface area contributed by atoms with Gasteiger partial charge in [-0.05, 0) is 49.3 Å². The number of hydrogen-bond acceptors (Lipinski definition) is 4. The van der Waals surface area contributed by atoms with Crippen molar-refractivity contribution in [1.82, 2.24) is 4.90 Å². The highest BCUT2D eigenvalue weighted by Gasteiger charge is 2.23. The van der Waals surface area contributed by atoms with E-state index in [0.29, 0.717) is 26.1 Å². The molecule has 0 unspecified atom stereocenters. The Labute approximate surface area is 182 Å². The lowest BCUT2D eigenvalue weighted by Crippen LogP contribution is -2.34. The number of fused-ring (bicyclic) bond motifs is 1. The van der Waals surface area contributed by atoms with Crippen molar-refractivity contribution < 1.29 is 14.3 Å². The van der Waals surface area contributed by atoms with Crippen molar-refractivity contribution in [1.29, 1.82) is 0 Å². The van der Waals surface area contributed by atoms with Crippen LogP contribution in [0.25, 0.3) is 10.1 Å². The Morgan fingerprint density at radius 1 is 1.00 bits per heavy atom. The van der Waals surface area contributed by atoms with E-state index in [9.17, 15) is 9.59 Å². The summed E-state index contributed by atoms with van der Waals surface area (Å²) >= 11 is 1.55. The first-order valence-electron chi connectivity index (χ1n) is 10.5. The molecule has 30 heavy (non-hydrogen) atoms. The molecule has 3 aromatic rings. The molecular formula is C25H29NO3S. The van der Waals surface area contributed by atoms with Crippen LogP contribution in [0.2, 0.25) is 0 Å². The number of amides is 1. The average Bonchev–Trinajstić information content (AvgIpc) is 3.11. The third-order valence-corrected chi connectivity index (χ3v) is 6.27. The van der Waals surface area contributed by atoms with Gasteiger partial charge in [0.1, 0.15) is 0 Å². The Kier molecular flexibility index (Phi) is 7.63. The number of ether oxygens (including phenoxy) is 1. The summed E-state index contributed by atoms with van der Waals surface area (Å²) in [6, 6.07) is 16.6. The van der Waals surface area contributed by atoms with Crippen LogP contribution in [0.15, 0.2) is 48.5 Å². The molecule has 3 rings (SSSR count). The molecule has 0 bridgehead atoms. The maximum absolute atomic E-state index is 13.5. The van der Waals surface area contributed by atoms with Gasteiger partial charge in [0.05, 0.1) is 17.9 Å². The van der Waals surface area contributed by atoms with Gasteiger partial charge < -0.3 is 9.64 Å². The van der Waals surface area contributed by atoms with E-state index in [4.69, 9.17) is 4.74 Å². The van der Waals surface area contributed by atoms with Crippen LogP contribution in [0.4, 0.5) is 0 Å². The molecule has 0 aliphatic heterocycles. The van der Waals surface area contributed by atoms with E-state index in [0.717, 1.165) is 26.9 Å². The normalized spacial score (nSPS) is 10.9. The molecule has 0 aliphatic carbocycles. The van der Waals surface area contributed by atoms with Crippen LogP contribution in [0.5, 0.6) is 0 Å². The summed E-state index contributed by atoms with van der Waals surface area (Å²) in [5, 5.41) is 1.13. The van der Waals surface area contributed by atoms with Crippen LogP contribution in [-0.2, 0) is 16.0 Å². The lowest BCUT2D eigenvalue weighted by atomic mass is 10.0. The zero-order chi connectivity index (χ0) is 21.5. The van der Waals surface area contributed by atoms with Crippen molar-refractivity contribution in [3.8, 4) is 0 Å². The highest BCUT2D eigenvalue weighted by Crippen LogP contribution is 2.34. The number of nitrogens with zero attached hydrogens (tertiary/aromatic N) is 1. The fourth-order valence-electron chi connectivity index (χ4n) is 3.54. The van der Waals surface area contributed by atoms with Crippen LogP contribution < -0.4 is 0 Å². The van der Waals surface area contributed by atoms with Gasteiger partial charge in [-0.2, -0.15) is 0 Å². The third kappa shape index (κ3) is 5.28. The molecule has 0 saturated heterocycles. The lowest BCUT2D eigenvalue weighted by Gasteiger charge is -2.22. The zero-order valence-electron chi connectivity index (χ0n) is 17.9. The smallest absolute Gasteiger partial charge is 0.307 e. The van der Waals surface area contributed by atoms with E-state index in [1.54, 1.807) is 23.2 Å². The number of hydrogen-bond donors (Lipinski definition) is 0. The highest BCUT2D eigenvalue weighted by atomic mass is 32.1. The maximum atomic E-state index is 13.5. The van der Waals surface area contributed by atoms with Gasteiger partial charge in [0.2, 0.25) is 0 Å². The number of esters is 1. The summed E-state index contributed by atoms with van der Waals surface area (Å²) in [5.41, 5.74) is 3.48. The molecule has 5 heteroatoms. The lowest BCUT2D eigenvalue weighted by molar-refractivity contribution is -0.143. The Morgan fingerprint density at radius 3 is 2.43 bits per heavy atom. The summed E-state index contributed by atoms with van der Waals surface area (Å²) in [7, 11) is 0. The van der Waals surface area contributed by atoms with Gasteiger partial charge in [0.25, 0.3) is 5.91 Å². The van der Waals surface area contributed by atoms with Gasteiger partial charge in [0.15, 0.2) is 0 Å². The predicted octanol–water partition coefficient (Wildman–Crippen LogP) is 5.61. The Bertz CT molecular complexity index is 1010. The van der Waals surface area contributed by atoms with Crippen LogP contribution >= 0.6 is 11.3 Å². The van der Waals surface area contributed by atoms with Gasteiger partial charge in [-0.25, -0.2) is 0 Å². The molecule has 1 amide bonds. The number of rotatable bonds is 9. The molecule has 0 fully saturated rings. The van der Waals surface area contributed by atoms with Gasteiger partial charge in [-0.1, -0.05) is 55.0 Å². The molecule has 1 heterocycles. The highest BCUT2D eigenvalue weighted by molar-refractivity contribution is 7.21. The van der Waals surface area contributed by atoms with E-state index in [2.05, 4.69) is 43.3 Å². The standard InChI is InChI=1S/C25H29NO3S/c1-4-15-26(16-14-23(27)29-5-2)25(28)24-21(17-19-12-10-18(3)11-13-19)20-8-6-7-9-22(20)30-24/h6-13H,4-5,14-17H2,1-3H3. The summed E-state index contributed by atoms with van der Waals surface area (Å²) in [6.07, 6.45) is 1.77. The fourth-order valence-corrected chi connectivity index (χ4v) is 4.73. The summed E-state index contributed by atoms with van der Waals surface area (Å²) in [4.78, 5) is 27.9. The Morgan fingerprint density at radius 2 is 1.73 bits per heavy atom. The first-order valence-corrected chi connectivity index (χ1v) is 11.4. The van der Waals surface area contributed by atoms with E-state index < -0.39 is 0 Å². The molecule has 0 atom stereocenters. The molecular weight excluding hydrogens is 394 g/mol. The van der Waals surface area contributed by atoms with E-state index in [-0.39, 0.29) is 18.3 Å². The fraction of sp³-hybridized carbons (Fsp3) is 0.360. The van der Waals surface area contributed by atoms with Gasteiger partial charge in [0, 0.05) is 17.8 Å². The second kappa shape index (κ2) is 10.4. The SMILES string of the molecule is CCCN(CCC(=O)OCC)C(=O)c1sc2ccccc2c1Cc1ccc(C)cc1. The molecule has 4 nitrogen and oxygen atoms in total. The third-order valence-electron chi connectivity index (χ3n) is 5.07. The van der Waals surface area contributed by atoms with Crippen molar-refractivity contribution in [2.24, 2.45) is 0 Å². The minimum Gasteiger partial charge on any atom is -0.466 e. The van der Waals surface area contributed by atoms with E-state index in [1.807, 2.05) is 19.1 Å². The first-order chi connectivity index (χ1) is 14.5. The molecule has 1 aromatic heterocycles. The topological polar surface area (TPSA) is 46.6 Å². The monoisotopic (exact) mass is 423 g/mol. The molecule has 0 radical (unpaired) electrons. The second-order valence-electron chi connectivity index (χ2n) is 7.42. The minimum absolute atomic E-state index is 0.00413. The largest absolute Gasteiger partial charge is 0.466 e. The molecule has 2 aromatic carbocycles. The molecule has 0 aliphatic rings. The second-order valence-corrected chi connectivity index (χ2v) is 8.47. The summed E-state index contributed by atoms with van der Waals surface area (Å²) in [5.74, 6) is -0.257. The Balaban J connectivity index is 1.93. The number of thiophene rings is 1. The number of carbonyl (C=O) groups excluding carboxylic acids is 2. The molecule has 158 valence electrons. The van der Waals surface area contributed by atoms with Crippen molar-refractivity contribution >= 4 is 33.3 Å². The van der Waals surface area contributed by atoms with Crippen LogP contribution in [0.1, 0.15) is 53.1 Å². The number of benzene rings is 2. The quantitative estimate of drug-likeness (QED) is 0.421. The summed E-state index contributed by atoms with van der Waals surface area (Å²) in [6.45, 7) is 7.27.